The van der Waals surface area contributed by atoms with Gasteiger partial charge in [0.1, 0.15) is 12.2 Å². The molecule has 0 atom stereocenters. The summed E-state index contributed by atoms with van der Waals surface area (Å²) in [6.07, 6.45) is 1.37. The number of nitrogens with zero attached hydrogens (tertiary/aromatic N) is 4. The predicted molar refractivity (Wildman–Crippen MR) is 153 cm³/mol. The van der Waals surface area contributed by atoms with Crippen LogP contribution in [0.1, 0.15) is 24.6 Å². The highest BCUT2D eigenvalue weighted by Gasteiger charge is 2.33. The molecule has 0 radical (unpaired) electrons. The highest BCUT2D eigenvalue weighted by atomic mass is 32.2. The highest BCUT2D eigenvalue weighted by molar-refractivity contribution is 7.92. The van der Waals surface area contributed by atoms with Crippen molar-refractivity contribution >= 4 is 27.3 Å². The van der Waals surface area contributed by atoms with E-state index < -0.39 is 28.0 Å². The minimum Gasteiger partial charge on any atom is -0.283 e. The van der Waals surface area contributed by atoms with Crippen LogP contribution in [0.5, 0.6) is 0 Å². The van der Waals surface area contributed by atoms with E-state index in [9.17, 15) is 18.0 Å². The lowest BCUT2D eigenvalue weighted by Crippen LogP contribution is -2.42. The number of aromatic nitrogens is 2. The number of nitrogens with one attached hydrogen (secondary N) is 1. The van der Waals surface area contributed by atoms with Crippen LogP contribution >= 0.6 is 0 Å². The number of anilines is 1. The van der Waals surface area contributed by atoms with Crippen LogP contribution in [0.3, 0.4) is 0 Å². The fourth-order valence-corrected chi connectivity index (χ4v) is 5.69. The van der Waals surface area contributed by atoms with Crippen LogP contribution in [0.25, 0.3) is 5.69 Å². The molecule has 202 valence electrons. The summed E-state index contributed by atoms with van der Waals surface area (Å²) in [5.74, 6) is -0.664. The second kappa shape index (κ2) is 12.0. The van der Waals surface area contributed by atoms with Crippen LogP contribution in [0.4, 0.5) is 5.69 Å². The van der Waals surface area contributed by atoms with Crippen molar-refractivity contribution in [2.45, 2.75) is 31.6 Å². The van der Waals surface area contributed by atoms with Gasteiger partial charge in [0.25, 0.3) is 21.5 Å². The Kier molecular flexibility index (Phi) is 8.46. The summed E-state index contributed by atoms with van der Waals surface area (Å²) in [4.78, 5) is 26.7. The normalized spacial score (nSPS) is 11.8. The first-order valence-electron chi connectivity index (χ1n) is 12.5. The first kappa shape index (κ1) is 27.6. The number of para-hydroxylation sites is 1. The van der Waals surface area contributed by atoms with E-state index in [2.05, 4.69) is 10.5 Å². The van der Waals surface area contributed by atoms with Gasteiger partial charge in [0.2, 0.25) is 0 Å². The number of hydrazone groups is 1. The summed E-state index contributed by atoms with van der Waals surface area (Å²) in [5.41, 5.74) is 4.59. The Morgan fingerprint density at radius 3 is 2.10 bits per heavy atom. The molecular formula is C29H31N5O4S. The summed E-state index contributed by atoms with van der Waals surface area (Å²) in [6, 6.07) is 26.5. The van der Waals surface area contributed by atoms with Crippen LogP contribution in [0, 0.1) is 6.92 Å². The molecule has 0 saturated heterocycles. The van der Waals surface area contributed by atoms with Crippen LogP contribution < -0.4 is 15.3 Å². The Labute approximate surface area is 228 Å². The molecule has 0 bridgehead atoms. The Morgan fingerprint density at radius 2 is 1.49 bits per heavy atom. The Hall–Kier alpha value is -4.44. The van der Waals surface area contributed by atoms with Gasteiger partial charge >= 0.3 is 0 Å². The minimum absolute atomic E-state index is 0.0331. The molecule has 9 nitrogen and oxygen atoms in total. The van der Waals surface area contributed by atoms with E-state index in [1.54, 1.807) is 68.0 Å². The van der Waals surface area contributed by atoms with Crippen molar-refractivity contribution < 1.29 is 13.2 Å². The SMILES string of the molecule is C/C(CCc1ccccc1)=N/NC(=O)CN(c1c(C)n(C)n(-c2ccccc2)c1=O)S(=O)(=O)c1ccccc1. The number of benzene rings is 3. The first-order valence-corrected chi connectivity index (χ1v) is 13.9. The Bertz CT molecular complexity index is 1630. The Balaban J connectivity index is 1.66. The van der Waals surface area contributed by atoms with Gasteiger partial charge < -0.3 is 0 Å². The molecule has 1 heterocycles. The average molecular weight is 546 g/mol. The number of amides is 1. The molecule has 0 aliphatic rings. The van der Waals surface area contributed by atoms with Crippen molar-refractivity contribution in [3.05, 3.63) is 113 Å². The van der Waals surface area contributed by atoms with E-state index in [1.165, 1.54) is 16.8 Å². The summed E-state index contributed by atoms with van der Waals surface area (Å²) in [5, 5.41) is 4.16. The van der Waals surface area contributed by atoms with Crippen LogP contribution in [0.2, 0.25) is 0 Å². The van der Waals surface area contributed by atoms with Gasteiger partial charge in [0.05, 0.1) is 16.3 Å². The van der Waals surface area contributed by atoms with Crippen molar-refractivity contribution in [3.63, 3.8) is 0 Å². The number of rotatable bonds is 10. The van der Waals surface area contributed by atoms with Gasteiger partial charge in [-0.1, -0.05) is 66.7 Å². The zero-order valence-corrected chi connectivity index (χ0v) is 22.9. The van der Waals surface area contributed by atoms with Crippen molar-refractivity contribution in [1.82, 2.24) is 14.8 Å². The van der Waals surface area contributed by atoms with Gasteiger partial charge in [-0.05, 0) is 56.5 Å². The van der Waals surface area contributed by atoms with Gasteiger partial charge in [-0.25, -0.2) is 22.8 Å². The molecule has 0 spiro atoms. The molecule has 0 aliphatic heterocycles. The molecule has 4 aromatic rings. The predicted octanol–water partition coefficient (Wildman–Crippen LogP) is 3.80. The summed E-state index contributed by atoms with van der Waals surface area (Å²) in [6.45, 7) is 2.82. The van der Waals surface area contributed by atoms with Crippen LogP contribution in [-0.2, 0) is 28.3 Å². The molecule has 4 rings (SSSR count). The molecule has 1 aromatic heterocycles. The van der Waals surface area contributed by atoms with Gasteiger partial charge in [-0.15, -0.1) is 0 Å². The van der Waals surface area contributed by atoms with E-state index >= 15 is 0 Å². The fourth-order valence-electron chi connectivity index (χ4n) is 4.19. The average Bonchev–Trinajstić information content (AvgIpc) is 3.17. The number of hydrogen-bond donors (Lipinski definition) is 1. The van der Waals surface area contributed by atoms with Crippen molar-refractivity contribution in [3.8, 4) is 5.69 Å². The van der Waals surface area contributed by atoms with Crippen LogP contribution in [-0.4, -0.2) is 35.9 Å². The van der Waals surface area contributed by atoms with E-state index in [-0.39, 0.29) is 10.6 Å². The summed E-state index contributed by atoms with van der Waals surface area (Å²) >= 11 is 0. The second-order valence-corrected chi connectivity index (χ2v) is 11.0. The topological polar surface area (TPSA) is 106 Å². The molecule has 0 unspecified atom stereocenters. The smallest absolute Gasteiger partial charge is 0.283 e. The lowest BCUT2D eigenvalue weighted by Gasteiger charge is -2.22. The molecule has 0 saturated carbocycles. The lowest BCUT2D eigenvalue weighted by molar-refractivity contribution is -0.119. The maximum atomic E-state index is 13.8. The Morgan fingerprint density at radius 1 is 0.923 bits per heavy atom. The molecule has 1 N–H and O–H groups in total. The fraction of sp³-hybridized carbons (Fsp3) is 0.207. The molecule has 39 heavy (non-hydrogen) atoms. The first-order chi connectivity index (χ1) is 18.7. The van der Waals surface area contributed by atoms with Gasteiger partial charge in [-0.2, -0.15) is 5.10 Å². The highest BCUT2D eigenvalue weighted by Crippen LogP contribution is 2.25. The molecular weight excluding hydrogens is 514 g/mol. The van der Waals surface area contributed by atoms with Crippen LogP contribution in [0.15, 0.2) is 106 Å². The van der Waals surface area contributed by atoms with E-state index in [4.69, 9.17) is 0 Å². The van der Waals surface area contributed by atoms with Gasteiger partial charge in [0.15, 0.2) is 0 Å². The van der Waals surface area contributed by atoms with Gasteiger partial charge in [0, 0.05) is 12.8 Å². The lowest BCUT2D eigenvalue weighted by atomic mass is 10.1. The minimum atomic E-state index is -4.27. The van der Waals surface area contributed by atoms with Crippen molar-refractivity contribution in [2.24, 2.45) is 12.1 Å². The zero-order chi connectivity index (χ0) is 28.0. The summed E-state index contributed by atoms with van der Waals surface area (Å²) < 4.78 is 31.4. The quantitative estimate of drug-likeness (QED) is 0.242. The number of carbonyl (C=O) groups is 1. The van der Waals surface area contributed by atoms with Crippen molar-refractivity contribution in [1.29, 1.82) is 0 Å². The van der Waals surface area contributed by atoms with E-state index in [0.29, 0.717) is 23.5 Å². The standard InChI is InChI=1S/C29H31N5O4S/c1-22(19-20-24-13-7-4-8-14-24)30-31-27(35)21-33(39(37,38)26-17-11-6-12-18-26)28-23(2)32(3)34(29(28)36)25-15-9-5-10-16-25/h4-18H,19-21H2,1-3H3,(H,31,35)/b30-22-. The second-order valence-electron chi connectivity index (χ2n) is 9.10. The van der Waals surface area contributed by atoms with E-state index in [1.807, 2.05) is 36.4 Å². The molecule has 1 amide bonds. The van der Waals surface area contributed by atoms with Crippen molar-refractivity contribution in [2.75, 3.05) is 10.8 Å². The molecule has 10 heteroatoms. The maximum absolute atomic E-state index is 13.8. The zero-order valence-electron chi connectivity index (χ0n) is 22.1. The third-order valence-electron chi connectivity index (χ3n) is 6.38. The number of hydrogen-bond acceptors (Lipinski definition) is 5. The van der Waals surface area contributed by atoms with Gasteiger partial charge in [-0.3, -0.25) is 14.3 Å². The van der Waals surface area contributed by atoms with E-state index in [0.717, 1.165) is 16.3 Å². The molecule has 0 fully saturated rings. The molecule has 3 aromatic carbocycles. The number of aryl methyl sites for hydroxylation is 1. The third-order valence-corrected chi connectivity index (χ3v) is 8.14. The maximum Gasteiger partial charge on any atom is 0.296 e. The largest absolute Gasteiger partial charge is 0.296 e. The monoisotopic (exact) mass is 545 g/mol. The third kappa shape index (κ3) is 6.18. The number of sulfonamides is 1. The summed E-state index contributed by atoms with van der Waals surface area (Å²) in [7, 11) is -2.60. The molecule has 0 aliphatic carbocycles. The number of carbonyl (C=O) groups excluding carboxylic acids is 1.